The lowest BCUT2D eigenvalue weighted by atomic mass is 9.68. The van der Waals surface area contributed by atoms with Gasteiger partial charge in [-0.15, -0.1) is 0 Å². The van der Waals surface area contributed by atoms with Gasteiger partial charge < -0.3 is 14.4 Å². The van der Waals surface area contributed by atoms with Crippen molar-refractivity contribution in [2.45, 2.75) is 45.6 Å². The second kappa shape index (κ2) is 8.08. The summed E-state index contributed by atoms with van der Waals surface area (Å²) in [6.07, 6.45) is 7.13. The highest BCUT2D eigenvalue weighted by atomic mass is 16.2. The van der Waals surface area contributed by atoms with Crippen molar-refractivity contribution in [2.75, 3.05) is 32.7 Å². The Balaban J connectivity index is 1.41. The van der Waals surface area contributed by atoms with Crippen LogP contribution in [0.1, 0.15) is 43.5 Å². The molecule has 1 amide bonds. The molecule has 2 fully saturated rings. The van der Waals surface area contributed by atoms with E-state index in [0.29, 0.717) is 17.9 Å². The third-order valence-corrected chi connectivity index (χ3v) is 6.84. The van der Waals surface area contributed by atoms with E-state index < -0.39 is 0 Å². The van der Waals surface area contributed by atoms with E-state index in [1.165, 1.54) is 18.5 Å². The van der Waals surface area contributed by atoms with E-state index in [4.69, 9.17) is 0 Å². The van der Waals surface area contributed by atoms with Crippen LogP contribution in [0.25, 0.3) is 0 Å². The van der Waals surface area contributed by atoms with Crippen molar-refractivity contribution in [3.05, 3.63) is 54.1 Å². The zero-order valence-corrected chi connectivity index (χ0v) is 17.2. The van der Waals surface area contributed by atoms with Gasteiger partial charge in [0.05, 0.1) is 0 Å². The number of aromatic nitrogens is 2. The number of likely N-dealkylation sites (tertiary alicyclic amines) is 2. The van der Waals surface area contributed by atoms with Crippen molar-refractivity contribution < 1.29 is 4.79 Å². The molecule has 4 rings (SSSR count). The highest BCUT2D eigenvalue weighted by molar-refractivity contribution is 5.76. The van der Waals surface area contributed by atoms with Gasteiger partial charge in [-0.2, -0.15) is 0 Å². The Hall–Kier alpha value is -2.14. The number of aryl methyl sites for hydroxylation is 1. The van der Waals surface area contributed by atoms with Gasteiger partial charge in [0, 0.05) is 38.6 Å². The minimum Gasteiger partial charge on any atom is -0.341 e. The Kier molecular flexibility index (Phi) is 5.54. The molecule has 5 nitrogen and oxygen atoms in total. The summed E-state index contributed by atoms with van der Waals surface area (Å²) in [6, 6.07) is 11.0. The summed E-state index contributed by atoms with van der Waals surface area (Å²) in [6.45, 7) is 9.83. The molecule has 2 aliphatic rings. The molecule has 150 valence electrons. The number of piperidine rings is 2. The van der Waals surface area contributed by atoms with E-state index in [9.17, 15) is 4.79 Å². The Morgan fingerprint density at radius 2 is 1.96 bits per heavy atom. The summed E-state index contributed by atoms with van der Waals surface area (Å²) in [5, 5.41) is 0. The molecule has 1 spiro atoms. The van der Waals surface area contributed by atoms with E-state index in [-0.39, 0.29) is 5.91 Å². The fourth-order valence-corrected chi connectivity index (χ4v) is 5.10. The van der Waals surface area contributed by atoms with E-state index in [2.05, 4.69) is 52.0 Å². The number of rotatable bonds is 4. The summed E-state index contributed by atoms with van der Waals surface area (Å²) >= 11 is 0. The molecule has 0 N–H and O–H groups in total. The lowest BCUT2D eigenvalue weighted by Gasteiger charge is -2.50. The quantitative estimate of drug-likeness (QED) is 0.817. The Labute approximate surface area is 168 Å². The molecule has 0 aliphatic carbocycles. The Bertz CT molecular complexity index is 792. The number of carbonyl (C=O) groups is 1. The smallest absolute Gasteiger partial charge is 0.242 e. The van der Waals surface area contributed by atoms with Crippen LogP contribution in [0.5, 0.6) is 0 Å². The van der Waals surface area contributed by atoms with Gasteiger partial charge in [0.15, 0.2) is 0 Å². The van der Waals surface area contributed by atoms with Crippen LogP contribution in [-0.4, -0.2) is 58.0 Å². The van der Waals surface area contributed by atoms with Gasteiger partial charge in [0.25, 0.3) is 0 Å². The molecule has 5 heteroatoms. The van der Waals surface area contributed by atoms with E-state index in [0.717, 1.165) is 44.8 Å². The van der Waals surface area contributed by atoms with Crippen LogP contribution in [0.15, 0.2) is 42.7 Å². The maximum atomic E-state index is 12.8. The van der Waals surface area contributed by atoms with Crippen molar-refractivity contribution in [3.8, 4) is 0 Å². The predicted octanol–water partition coefficient (Wildman–Crippen LogP) is 3.31. The van der Waals surface area contributed by atoms with Crippen LogP contribution in [0, 0.1) is 12.3 Å². The second-order valence-corrected chi connectivity index (χ2v) is 8.62. The molecule has 2 aliphatic heterocycles. The molecule has 2 aromatic rings. The maximum absolute atomic E-state index is 12.8. The van der Waals surface area contributed by atoms with E-state index >= 15 is 0 Å². The molecule has 0 saturated carbocycles. The molecule has 0 bridgehead atoms. The molecule has 2 saturated heterocycles. The molecule has 28 heavy (non-hydrogen) atoms. The van der Waals surface area contributed by atoms with Crippen molar-refractivity contribution in [3.63, 3.8) is 0 Å². The third-order valence-electron chi connectivity index (χ3n) is 6.84. The third kappa shape index (κ3) is 4.00. The van der Waals surface area contributed by atoms with Crippen LogP contribution >= 0.6 is 0 Å². The van der Waals surface area contributed by atoms with Crippen molar-refractivity contribution in [1.82, 2.24) is 19.4 Å². The molecule has 1 atom stereocenters. The molecule has 1 aromatic heterocycles. The van der Waals surface area contributed by atoms with Crippen LogP contribution in [-0.2, 0) is 11.3 Å². The van der Waals surface area contributed by atoms with Crippen molar-refractivity contribution in [1.29, 1.82) is 0 Å². The number of benzene rings is 1. The van der Waals surface area contributed by atoms with Crippen molar-refractivity contribution in [2.24, 2.45) is 5.41 Å². The topological polar surface area (TPSA) is 41.4 Å². The van der Waals surface area contributed by atoms with Gasteiger partial charge in [0.2, 0.25) is 5.91 Å². The van der Waals surface area contributed by atoms with Gasteiger partial charge in [-0.05, 0) is 49.6 Å². The van der Waals surface area contributed by atoms with Gasteiger partial charge in [-0.25, -0.2) is 4.98 Å². The molecule has 0 unspecified atom stereocenters. The summed E-state index contributed by atoms with van der Waals surface area (Å²) in [5.41, 5.74) is 1.81. The number of amides is 1. The van der Waals surface area contributed by atoms with Crippen LogP contribution in [0.4, 0.5) is 0 Å². The molecule has 1 aromatic carbocycles. The number of likely N-dealkylation sites (N-methyl/N-ethyl adjacent to an activating group) is 1. The first kappa shape index (κ1) is 19.2. The van der Waals surface area contributed by atoms with Crippen LogP contribution in [0.2, 0.25) is 0 Å². The molecule has 3 heterocycles. The first-order valence-electron chi connectivity index (χ1n) is 10.6. The van der Waals surface area contributed by atoms with Gasteiger partial charge in [0.1, 0.15) is 12.4 Å². The number of hydrogen-bond acceptors (Lipinski definition) is 3. The largest absolute Gasteiger partial charge is 0.341 e. The second-order valence-electron chi connectivity index (χ2n) is 8.62. The minimum atomic E-state index is 0.221. The molecular formula is C23H32N4O. The van der Waals surface area contributed by atoms with Crippen molar-refractivity contribution >= 4 is 5.91 Å². The summed E-state index contributed by atoms with van der Waals surface area (Å²) in [5.74, 6) is 1.72. The highest BCUT2D eigenvalue weighted by Gasteiger charge is 2.42. The monoisotopic (exact) mass is 380 g/mol. The maximum Gasteiger partial charge on any atom is 0.242 e. The van der Waals surface area contributed by atoms with Gasteiger partial charge in [-0.1, -0.05) is 37.3 Å². The van der Waals surface area contributed by atoms with Crippen LogP contribution in [0.3, 0.4) is 0 Å². The van der Waals surface area contributed by atoms with E-state index in [1.54, 1.807) is 6.20 Å². The number of carbonyl (C=O) groups excluding carboxylic acids is 1. The minimum absolute atomic E-state index is 0.221. The average Bonchev–Trinajstić information content (AvgIpc) is 3.13. The highest BCUT2D eigenvalue weighted by Crippen LogP contribution is 2.45. The molecule has 0 radical (unpaired) electrons. The fraction of sp³-hybridized carbons (Fsp3) is 0.565. The molecular weight excluding hydrogens is 348 g/mol. The lowest BCUT2D eigenvalue weighted by molar-refractivity contribution is -0.135. The Morgan fingerprint density at radius 1 is 1.21 bits per heavy atom. The zero-order chi connectivity index (χ0) is 19.6. The standard InChI is InChI=1S/C23H32N4O/c1-3-25-16-21(20-7-5-4-6-8-20)15-23(18-25)9-12-26(13-10-23)22(28)17-27-14-11-24-19(27)2/h4-8,11,14,21H,3,9-10,12-13,15-18H2,1-2H3/t21-/m1/s1. The number of nitrogens with zero attached hydrogens (tertiary/aromatic N) is 4. The van der Waals surface area contributed by atoms with Crippen LogP contribution < -0.4 is 0 Å². The average molecular weight is 381 g/mol. The SMILES string of the molecule is CCN1C[C@H](c2ccccc2)CC2(CCN(C(=O)Cn3ccnc3C)CC2)C1. The normalized spacial score (nSPS) is 22.5. The fourth-order valence-electron chi connectivity index (χ4n) is 5.10. The first-order valence-corrected chi connectivity index (χ1v) is 10.6. The zero-order valence-electron chi connectivity index (χ0n) is 17.2. The summed E-state index contributed by atoms with van der Waals surface area (Å²) < 4.78 is 1.94. The van der Waals surface area contributed by atoms with E-state index in [1.807, 2.05) is 17.7 Å². The summed E-state index contributed by atoms with van der Waals surface area (Å²) in [4.78, 5) is 21.7. The number of hydrogen-bond donors (Lipinski definition) is 0. The van der Waals surface area contributed by atoms with Gasteiger partial charge >= 0.3 is 0 Å². The lowest BCUT2D eigenvalue weighted by Crippen LogP contribution is -2.52. The van der Waals surface area contributed by atoms with Gasteiger partial charge in [-0.3, -0.25) is 4.79 Å². The predicted molar refractivity (Wildman–Crippen MR) is 111 cm³/mol. The number of imidazole rings is 1. The first-order chi connectivity index (χ1) is 13.6. The summed E-state index contributed by atoms with van der Waals surface area (Å²) in [7, 11) is 0. The Morgan fingerprint density at radius 3 is 2.61 bits per heavy atom.